The Kier molecular flexibility index (Phi) is 4.87. The van der Waals surface area contributed by atoms with E-state index < -0.39 is 0 Å². The van der Waals surface area contributed by atoms with E-state index in [9.17, 15) is 4.79 Å². The van der Waals surface area contributed by atoms with Gasteiger partial charge in [-0.1, -0.05) is 17.7 Å². The van der Waals surface area contributed by atoms with Crippen molar-refractivity contribution in [2.45, 2.75) is 13.1 Å². The molecule has 0 aliphatic carbocycles. The summed E-state index contributed by atoms with van der Waals surface area (Å²) in [4.78, 5) is 11.8. The second kappa shape index (κ2) is 7.07. The second-order valence-corrected chi connectivity index (χ2v) is 5.93. The van der Waals surface area contributed by atoms with Gasteiger partial charge in [0.05, 0.1) is 18.5 Å². The lowest BCUT2D eigenvalue weighted by Crippen LogP contribution is -2.21. The van der Waals surface area contributed by atoms with Gasteiger partial charge in [-0.25, -0.2) is 4.68 Å². The molecule has 0 unspecified atom stereocenters. The van der Waals surface area contributed by atoms with Gasteiger partial charge >= 0.3 is 0 Å². The van der Waals surface area contributed by atoms with E-state index in [1.54, 1.807) is 20.4 Å². The molecule has 0 saturated heterocycles. The highest BCUT2D eigenvalue weighted by Crippen LogP contribution is 2.20. The number of nitrogens with one attached hydrogen (secondary N) is 1. The zero-order valence-electron chi connectivity index (χ0n) is 13.6. The number of fused-ring (bicyclic) bond motifs is 1. The van der Waals surface area contributed by atoms with Crippen molar-refractivity contribution in [1.29, 1.82) is 0 Å². The van der Waals surface area contributed by atoms with Crippen molar-refractivity contribution in [3.8, 4) is 0 Å². The van der Waals surface area contributed by atoms with E-state index in [0.717, 1.165) is 12.1 Å². The van der Waals surface area contributed by atoms with Crippen LogP contribution in [-0.2, 0) is 24.9 Å². The van der Waals surface area contributed by atoms with Crippen LogP contribution in [0.5, 0.6) is 0 Å². The SMILES string of the molecule is COCCn1ccc2cc(CNc3cnn(C)c(=O)c3Cl)ccc21. The monoisotopic (exact) mass is 346 g/mol. The van der Waals surface area contributed by atoms with Gasteiger partial charge in [0.2, 0.25) is 0 Å². The Morgan fingerprint density at radius 1 is 1.33 bits per heavy atom. The molecule has 0 spiro atoms. The lowest BCUT2D eigenvalue weighted by atomic mass is 10.1. The highest BCUT2D eigenvalue weighted by atomic mass is 35.5. The summed E-state index contributed by atoms with van der Waals surface area (Å²) in [6.45, 7) is 2.07. The fourth-order valence-corrected chi connectivity index (χ4v) is 2.81. The molecule has 6 nitrogen and oxygen atoms in total. The maximum Gasteiger partial charge on any atom is 0.287 e. The quantitative estimate of drug-likeness (QED) is 0.745. The number of anilines is 1. The fraction of sp³-hybridized carbons (Fsp3) is 0.294. The van der Waals surface area contributed by atoms with Gasteiger partial charge in [-0.2, -0.15) is 5.10 Å². The van der Waals surface area contributed by atoms with Crippen molar-refractivity contribution in [2.75, 3.05) is 19.0 Å². The lowest BCUT2D eigenvalue weighted by molar-refractivity contribution is 0.188. The van der Waals surface area contributed by atoms with Crippen LogP contribution in [0.3, 0.4) is 0 Å². The van der Waals surface area contributed by atoms with E-state index >= 15 is 0 Å². The van der Waals surface area contributed by atoms with Crippen LogP contribution >= 0.6 is 11.6 Å². The third-order valence-electron chi connectivity index (χ3n) is 3.93. The zero-order valence-corrected chi connectivity index (χ0v) is 14.4. The number of halogens is 1. The van der Waals surface area contributed by atoms with Crippen LogP contribution in [0.1, 0.15) is 5.56 Å². The standard InChI is InChI=1S/C17H19ClN4O2/c1-21-17(23)16(18)14(11-20-21)19-10-12-3-4-15-13(9-12)5-6-22(15)7-8-24-2/h3-6,9,11,19H,7-8,10H2,1-2H3. The zero-order chi connectivity index (χ0) is 17.1. The van der Waals surface area contributed by atoms with Crippen LogP contribution in [0.2, 0.25) is 5.02 Å². The van der Waals surface area contributed by atoms with Crippen LogP contribution in [0, 0.1) is 0 Å². The summed E-state index contributed by atoms with van der Waals surface area (Å²) in [5, 5.41) is 8.46. The van der Waals surface area contributed by atoms with Crippen molar-refractivity contribution in [1.82, 2.24) is 14.3 Å². The van der Waals surface area contributed by atoms with Crippen molar-refractivity contribution in [3.63, 3.8) is 0 Å². The first-order chi connectivity index (χ1) is 11.6. The highest BCUT2D eigenvalue weighted by Gasteiger charge is 2.07. The van der Waals surface area contributed by atoms with Gasteiger partial charge < -0.3 is 14.6 Å². The Morgan fingerprint density at radius 2 is 2.17 bits per heavy atom. The number of nitrogens with zero attached hydrogens (tertiary/aromatic N) is 3. The Balaban J connectivity index is 1.76. The van der Waals surface area contributed by atoms with Gasteiger partial charge in [0, 0.05) is 39.0 Å². The van der Waals surface area contributed by atoms with E-state index in [0.29, 0.717) is 18.8 Å². The van der Waals surface area contributed by atoms with Crippen molar-refractivity contribution < 1.29 is 4.74 Å². The summed E-state index contributed by atoms with van der Waals surface area (Å²) < 4.78 is 8.50. The maximum absolute atomic E-state index is 11.8. The molecule has 0 aliphatic heterocycles. The third kappa shape index (κ3) is 3.29. The molecule has 1 aromatic carbocycles. The first-order valence-electron chi connectivity index (χ1n) is 7.62. The Hall–Kier alpha value is -2.31. The third-order valence-corrected chi connectivity index (χ3v) is 4.30. The van der Waals surface area contributed by atoms with E-state index in [2.05, 4.69) is 45.4 Å². The van der Waals surface area contributed by atoms with Crippen LogP contribution in [0.4, 0.5) is 5.69 Å². The number of benzene rings is 1. The summed E-state index contributed by atoms with van der Waals surface area (Å²) >= 11 is 6.06. The predicted molar refractivity (Wildman–Crippen MR) is 95.6 cm³/mol. The van der Waals surface area contributed by atoms with Crippen LogP contribution in [0.15, 0.2) is 41.5 Å². The topological polar surface area (TPSA) is 61.1 Å². The number of hydrogen-bond acceptors (Lipinski definition) is 4. The molecule has 0 radical (unpaired) electrons. The molecule has 0 aliphatic rings. The molecule has 126 valence electrons. The molecule has 0 fully saturated rings. The largest absolute Gasteiger partial charge is 0.383 e. The minimum Gasteiger partial charge on any atom is -0.383 e. The van der Waals surface area contributed by atoms with Gasteiger partial charge in [-0.3, -0.25) is 4.79 Å². The number of methoxy groups -OCH3 is 1. The predicted octanol–water partition coefficient (Wildman–Crippen LogP) is 2.65. The van der Waals surface area contributed by atoms with Crippen molar-refractivity contribution >= 4 is 28.2 Å². The first-order valence-corrected chi connectivity index (χ1v) is 8.00. The smallest absolute Gasteiger partial charge is 0.287 e. The van der Waals surface area contributed by atoms with E-state index in [1.165, 1.54) is 15.6 Å². The number of rotatable bonds is 6. The minimum atomic E-state index is -0.313. The molecular formula is C17H19ClN4O2. The molecule has 0 atom stereocenters. The summed E-state index contributed by atoms with van der Waals surface area (Å²) in [6, 6.07) is 8.35. The van der Waals surface area contributed by atoms with E-state index in [4.69, 9.17) is 16.3 Å². The lowest BCUT2D eigenvalue weighted by Gasteiger charge is -2.09. The molecule has 0 amide bonds. The normalized spacial score (nSPS) is 11.1. The molecular weight excluding hydrogens is 328 g/mol. The highest BCUT2D eigenvalue weighted by molar-refractivity contribution is 6.32. The number of aromatic nitrogens is 3. The Morgan fingerprint density at radius 3 is 2.96 bits per heavy atom. The van der Waals surface area contributed by atoms with Crippen LogP contribution < -0.4 is 10.9 Å². The van der Waals surface area contributed by atoms with E-state index in [-0.39, 0.29) is 10.6 Å². The minimum absolute atomic E-state index is 0.152. The molecule has 7 heteroatoms. The molecule has 24 heavy (non-hydrogen) atoms. The fourth-order valence-electron chi connectivity index (χ4n) is 2.58. The van der Waals surface area contributed by atoms with E-state index in [1.807, 2.05) is 0 Å². The molecule has 3 aromatic rings. The molecule has 0 bridgehead atoms. The van der Waals surface area contributed by atoms with Gasteiger partial charge in [0.1, 0.15) is 5.02 Å². The first kappa shape index (κ1) is 16.5. The Labute approximate surface area is 144 Å². The summed E-state index contributed by atoms with van der Waals surface area (Å²) in [6.07, 6.45) is 3.62. The number of ether oxygens (including phenoxy) is 1. The molecule has 1 N–H and O–H groups in total. The summed E-state index contributed by atoms with van der Waals surface area (Å²) in [7, 11) is 3.27. The van der Waals surface area contributed by atoms with Gasteiger partial charge in [-0.05, 0) is 29.1 Å². The molecule has 3 rings (SSSR count). The average Bonchev–Trinajstić information content (AvgIpc) is 2.99. The van der Waals surface area contributed by atoms with Crippen LogP contribution in [-0.4, -0.2) is 28.1 Å². The maximum atomic E-state index is 11.8. The Bertz CT molecular complexity index is 917. The van der Waals surface area contributed by atoms with Gasteiger partial charge in [-0.15, -0.1) is 0 Å². The molecule has 2 heterocycles. The number of aryl methyl sites for hydroxylation is 1. The molecule has 0 saturated carbocycles. The van der Waals surface area contributed by atoms with Crippen molar-refractivity contribution in [2.24, 2.45) is 7.05 Å². The average molecular weight is 347 g/mol. The molecule has 2 aromatic heterocycles. The second-order valence-electron chi connectivity index (χ2n) is 5.55. The van der Waals surface area contributed by atoms with Gasteiger partial charge in [0.15, 0.2) is 0 Å². The van der Waals surface area contributed by atoms with Crippen molar-refractivity contribution in [3.05, 3.63) is 57.6 Å². The summed E-state index contributed by atoms with van der Waals surface area (Å²) in [5.74, 6) is 0. The van der Waals surface area contributed by atoms with Crippen LogP contribution in [0.25, 0.3) is 10.9 Å². The van der Waals surface area contributed by atoms with Gasteiger partial charge in [0.25, 0.3) is 5.56 Å². The number of hydrogen-bond donors (Lipinski definition) is 1. The summed E-state index contributed by atoms with van der Waals surface area (Å²) in [5.41, 5.74) is 2.50.